The highest BCUT2D eigenvalue weighted by Crippen LogP contribution is 2.35. The first kappa shape index (κ1) is 21.3. The van der Waals surface area contributed by atoms with E-state index in [1.165, 1.54) is 24.5 Å². The standard InChI is InChI=1S/C22H16N4O4S2/c1-29-17-8-6-15(7-9-17)19-4-2-3-5-21(19)30-20-11-10-18(12-16(20)13-23)32(27,28)26-22-24-14-25-31-22/h2-12,14H,1H3,(H,24,25,26). The van der Waals surface area contributed by atoms with Gasteiger partial charge in [-0.3, -0.25) is 4.72 Å². The molecule has 0 saturated heterocycles. The highest BCUT2D eigenvalue weighted by atomic mass is 32.2. The maximum absolute atomic E-state index is 12.6. The Balaban J connectivity index is 1.65. The number of benzene rings is 3. The average molecular weight is 465 g/mol. The number of hydrogen-bond acceptors (Lipinski definition) is 8. The molecule has 1 aromatic heterocycles. The molecule has 3 aromatic carbocycles. The lowest BCUT2D eigenvalue weighted by atomic mass is 10.0. The monoisotopic (exact) mass is 464 g/mol. The van der Waals surface area contributed by atoms with Gasteiger partial charge in [0.15, 0.2) is 0 Å². The summed E-state index contributed by atoms with van der Waals surface area (Å²) in [5.74, 6) is 1.50. The summed E-state index contributed by atoms with van der Waals surface area (Å²) >= 11 is 0.912. The summed E-state index contributed by atoms with van der Waals surface area (Å²) in [5, 5.41) is 9.74. The molecule has 10 heteroatoms. The number of nitrogens with zero attached hydrogens (tertiary/aromatic N) is 3. The van der Waals surface area contributed by atoms with Crippen molar-refractivity contribution in [3.05, 3.63) is 78.6 Å². The second kappa shape index (κ2) is 9.05. The topological polar surface area (TPSA) is 114 Å². The normalized spacial score (nSPS) is 10.9. The van der Waals surface area contributed by atoms with Crippen molar-refractivity contribution < 1.29 is 17.9 Å². The van der Waals surface area contributed by atoms with Crippen molar-refractivity contribution in [1.29, 1.82) is 5.26 Å². The Labute approximate surface area is 188 Å². The minimum Gasteiger partial charge on any atom is -0.497 e. The summed E-state index contributed by atoms with van der Waals surface area (Å²) in [6.07, 6.45) is 1.25. The van der Waals surface area contributed by atoms with Crippen LogP contribution in [0.2, 0.25) is 0 Å². The molecule has 0 atom stereocenters. The van der Waals surface area contributed by atoms with Gasteiger partial charge < -0.3 is 9.47 Å². The van der Waals surface area contributed by atoms with E-state index in [1.807, 2.05) is 48.5 Å². The molecule has 0 aliphatic heterocycles. The van der Waals surface area contributed by atoms with Gasteiger partial charge in [-0.25, -0.2) is 13.4 Å². The van der Waals surface area contributed by atoms with Crippen LogP contribution >= 0.6 is 11.5 Å². The van der Waals surface area contributed by atoms with Gasteiger partial charge >= 0.3 is 0 Å². The van der Waals surface area contributed by atoms with Crippen molar-refractivity contribution in [3.63, 3.8) is 0 Å². The van der Waals surface area contributed by atoms with Gasteiger partial charge in [0.1, 0.15) is 29.6 Å². The zero-order valence-electron chi connectivity index (χ0n) is 16.7. The fourth-order valence-corrected chi connectivity index (χ4v) is 4.61. The Hall–Kier alpha value is -3.94. The Morgan fingerprint density at radius 1 is 1.03 bits per heavy atom. The van der Waals surface area contributed by atoms with Gasteiger partial charge in [0.2, 0.25) is 5.13 Å². The fourth-order valence-electron chi connectivity index (χ4n) is 2.93. The number of nitrogens with one attached hydrogen (secondary N) is 1. The largest absolute Gasteiger partial charge is 0.497 e. The van der Waals surface area contributed by atoms with E-state index in [0.29, 0.717) is 5.75 Å². The van der Waals surface area contributed by atoms with Crippen LogP contribution in [0.4, 0.5) is 5.13 Å². The molecule has 0 aliphatic carbocycles. The molecule has 4 rings (SSSR count). The van der Waals surface area contributed by atoms with Crippen LogP contribution in [-0.2, 0) is 10.0 Å². The molecule has 8 nitrogen and oxygen atoms in total. The summed E-state index contributed by atoms with van der Waals surface area (Å²) in [4.78, 5) is 3.73. The van der Waals surface area contributed by atoms with Crippen LogP contribution < -0.4 is 14.2 Å². The lowest BCUT2D eigenvalue weighted by Gasteiger charge is -2.13. The van der Waals surface area contributed by atoms with E-state index < -0.39 is 10.0 Å². The third-order valence-corrected chi connectivity index (χ3v) is 6.52. The van der Waals surface area contributed by atoms with Crippen LogP contribution in [0.3, 0.4) is 0 Å². The number of para-hydroxylation sites is 1. The van der Waals surface area contributed by atoms with E-state index in [-0.39, 0.29) is 21.3 Å². The number of hydrogen-bond donors (Lipinski definition) is 1. The van der Waals surface area contributed by atoms with E-state index >= 15 is 0 Å². The van der Waals surface area contributed by atoms with Gasteiger partial charge in [-0.1, -0.05) is 30.3 Å². The fraction of sp³-hybridized carbons (Fsp3) is 0.0455. The minimum atomic E-state index is -3.92. The molecule has 0 amide bonds. The van der Waals surface area contributed by atoms with Gasteiger partial charge in [0.25, 0.3) is 10.0 Å². The third kappa shape index (κ3) is 4.54. The molecule has 0 unspecified atom stereocenters. The first-order valence-corrected chi connectivity index (χ1v) is 11.5. The Bertz CT molecular complexity index is 1380. The highest BCUT2D eigenvalue weighted by molar-refractivity contribution is 7.93. The van der Waals surface area contributed by atoms with E-state index in [0.717, 1.165) is 28.4 Å². The van der Waals surface area contributed by atoms with Crippen LogP contribution in [0.15, 0.2) is 78.0 Å². The third-order valence-electron chi connectivity index (χ3n) is 4.47. The quantitative estimate of drug-likeness (QED) is 0.422. The van der Waals surface area contributed by atoms with Crippen molar-refractivity contribution in [1.82, 2.24) is 9.36 Å². The molecular formula is C22H16N4O4S2. The van der Waals surface area contributed by atoms with Crippen LogP contribution in [0, 0.1) is 11.3 Å². The number of methoxy groups -OCH3 is 1. The van der Waals surface area contributed by atoms with E-state index in [4.69, 9.17) is 9.47 Å². The van der Waals surface area contributed by atoms with Gasteiger partial charge in [-0.05, 0) is 42.0 Å². The maximum atomic E-state index is 12.6. The summed E-state index contributed by atoms with van der Waals surface area (Å²) in [6.45, 7) is 0. The van der Waals surface area contributed by atoms with Crippen LogP contribution in [-0.4, -0.2) is 24.9 Å². The molecule has 32 heavy (non-hydrogen) atoms. The van der Waals surface area contributed by atoms with E-state index in [2.05, 4.69) is 14.1 Å². The first-order chi connectivity index (χ1) is 15.5. The predicted molar refractivity (Wildman–Crippen MR) is 120 cm³/mol. The number of aromatic nitrogens is 2. The second-order valence-electron chi connectivity index (χ2n) is 6.45. The Morgan fingerprint density at radius 2 is 1.81 bits per heavy atom. The molecule has 160 valence electrons. The van der Waals surface area contributed by atoms with Gasteiger partial charge in [-0.2, -0.15) is 9.64 Å². The van der Waals surface area contributed by atoms with E-state index in [9.17, 15) is 13.7 Å². The predicted octanol–water partition coefficient (Wildman–Crippen LogP) is 4.68. The lowest BCUT2D eigenvalue weighted by Crippen LogP contribution is -2.13. The van der Waals surface area contributed by atoms with Crippen molar-refractivity contribution in [2.24, 2.45) is 0 Å². The van der Waals surface area contributed by atoms with Crippen molar-refractivity contribution in [2.75, 3.05) is 11.8 Å². The lowest BCUT2D eigenvalue weighted by molar-refractivity contribution is 0.415. The molecule has 0 radical (unpaired) electrons. The highest BCUT2D eigenvalue weighted by Gasteiger charge is 2.19. The number of nitriles is 1. The molecule has 1 heterocycles. The molecule has 0 fully saturated rings. The van der Waals surface area contributed by atoms with Crippen LogP contribution in [0.5, 0.6) is 17.2 Å². The molecule has 0 aliphatic rings. The van der Waals surface area contributed by atoms with Crippen molar-refractivity contribution >= 4 is 26.7 Å². The molecule has 0 spiro atoms. The molecule has 4 aromatic rings. The van der Waals surface area contributed by atoms with Crippen LogP contribution in [0.1, 0.15) is 5.56 Å². The Kier molecular flexibility index (Phi) is 6.02. The minimum absolute atomic E-state index is 0.0784. The summed E-state index contributed by atoms with van der Waals surface area (Å²) in [6, 6.07) is 21.0. The smallest absolute Gasteiger partial charge is 0.263 e. The van der Waals surface area contributed by atoms with E-state index in [1.54, 1.807) is 13.2 Å². The summed E-state index contributed by atoms with van der Waals surface area (Å²) in [7, 11) is -2.32. The summed E-state index contributed by atoms with van der Waals surface area (Å²) in [5.41, 5.74) is 1.80. The van der Waals surface area contributed by atoms with Crippen molar-refractivity contribution in [2.45, 2.75) is 4.90 Å². The zero-order chi connectivity index (χ0) is 22.6. The Morgan fingerprint density at radius 3 is 2.50 bits per heavy atom. The van der Waals surface area contributed by atoms with Crippen LogP contribution in [0.25, 0.3) is 11.1 Å². The van der Waals surface area contributed by atoms with Crippen molar-refractivity contribution in [3.8, 4) is 34.4 Å². The molecule has 0 saturated carbocycles. The van der Waals surface area contributed by atoms with Gasteiger partial charge in [0.05, 0.1) is 17.6 Å². The van der Waals surface area contributed by atoms with Gasteiger partial charge in [0, 0.05) is 17.1 Å². The first-order valence-electron chi connectivity index (χ1n) is 9.25. The maximum Gasteiger partial charge on any atom is 0.263 e. The second-order valence-corrected chi connectivity index (χ2v) is 8.91. The van der Waals surface area contributed by atoms with Gasteiger partial charge in [-0.15, -0.1) is 0 Å². The zero-order valence-corrected chi connectivity index (χ0v) is 18.4. The average Bonchev–Trinajstić information content (AvgIpc) is 3.32. The number of sulfonamides is 1. The SMILES string of the molecule is COc1ccc(-c2ccccc2Oc2ccc(S(=O)(=O)Nc3ncns3)cc2C#N)cc1. The molecule has 0 bridgehead atoms. The summed E-state index contributed by atoms with van der Waals surface area (Å²) < 4.78 is 42.5. The number of ether oxygens (including phenoxy) is 2. The molecular weight excluding hydrogens is 448 g/mol. The number of rotatable bonds is 7. The number of anilines is 1. The molecule has 1 N–H and O–H groups in total.